The van der Waals surface area contributed by atoms with E-state index in [1.54, 1.807) is 4.90 Å². The van der Waals surface area contributed by atoms with Gasteiger partial charge in [0.2, 0.25) is 5.91 Å². The highest BCUT2D eigenvalue weighted by Crippen LogP contribution is 2.42. The van der Waals surface area contributed by atoms with E-state index in [1.807, 2.05) is 0 Å². The monoisotopic (exact) mass is 305 g/mol. The highest BCUT2D eigenvalue weighted by molar-refractivity contribution is 5.79. The van der Waals surface area contributed by atoms with Crippen molar-refractivity contribution in [3.63, 3.8) is 0 Å². The smallest absolute Gasteiger partial charge is 0.391 e. The number of halogens is 3. The van der Waals surface area contributed by atoms with Gasteiger partial charge in [0.15, 0.2) is 0 Å². The van der Waals surface area contributed by atoms with E-state index in [9.17, 15) is 23.1 Å². The van der Waals surface area contributed by atoms with Gasteiger partial charge in [-0.25, -0.2) is 0 Å². The summed E-state index contributed by atoms with van der Waals surface area (Å²) in [5.74, 6) is -1.46. The van der Waals surface area contributed by atoms with Crippen LogP contribution in [0.3, 0.4) is 0 Å². The van der Waals surface area contributed by atoms with E-state index in [1.165, 1.54) is 0 Å². The van der Waals surface area contributed by atoms with Crippen LogP contribution in [0.25, 0.3) is 0 Å². The third kappa shape index (κ3) is 2.91. The zero-order valence-corrected chi connectivity index (χ0v) is 12.0. The topological polar surface area (TPSA) is 40.5 Å². The van der Waals surface area contributed by atoms with Crippen molar-refractivity contribution in [1.29, 1.82) is 0 Å². The summed E-state index contributed by atoms with van der Waals surface area (Å²) < 4.78 is 38.5. The molecule has 0 aromatic heterocycles. The summed E-state index contributed by atoms with van der Waals surface area (Å²) in [7, 11) is 0. The van der Waals surface area contributed by atoms with Crippen LogP contribution in [0.15, 0.2) is 0 Å². The molecule has 5 atom stereocenters. The molecule has 3 nitrogen and oxygen atoms in total. The summed E-state index contributed by atoms with van der Waals surface area (Å²) in [5.41, 5.74) is 0. The molecule has 6 heteroatoms. The van der Waals surface area contributed by atoms with Crippen LogP contribution in [0, 0.1) is 23.7 Å². The molecule has 1 N–H and O–H groups in total. The van der Waals surface area contributed by atoms with Gasteiger partial charge in [0.1, 0.15) is 0 Å². The Morgan fingerprint density at radius 1 is 1.10 bits per heavy atom. The molecule has 0 aromatic carbocycles. The van der Waals surface area contributed by atoms with Crippen LogP contribution in [0.4, 0.5) is 13.2 Å². The summed E-state index contributed by atoms with van der Waals surface area (Å²) >= 11 is 0. The largest absolute Gasteiger partial charge is 0.393 e. The van der Waals surface area contributed by atoms with Crippen molar-refractivity contribution in [2.45, 2.75) is 50.8 Å². The summed E-state index contributed by atoms with van der Waals surface area (Å²) in [4.78, 5) is 14.2. The third-order valence-corrected chi connectivity index (χ3v) is 5.62. The van der Waals surface area contributed by atoms with Crippen molar-refractivity contribution in [3.8, 4) is 0 Å². The standard InChI is InChI=1S/C15H22F3NO2/c16-15(17,18)11-3-1-2-9(6-11)14(21)19-7-10-4-5-13(20)12(10)8-19/h9-13,20H,1-8H2. The molecule has 1 heterocycles. The van der Waals surface area contributed by atoms with Gasteiger partial charge in [-0.1, -0.05) is 6.42 Å². The predicted octanol–water partition coefficient (Wildman–Crippen LogP) is 2.58. The lowest BCUT2D eigenvalue weighted by atomic mass is 9.80. The van der Waals surface area contributed by atoms with Gasteiger partial charge in [-0.2, -0.15) is 13.2 Å². The van der Waals surface area contributed by atoms with E-state index in [-0.39, 0.29) is 30.8 Å². The maximum Gasteiger partial charge on any atom is 0.391 e. The number of alkyl halides is 3. The molecule has 21 heavy (non-hydrogen) atoms. The van der Waals surface area contributed by atoms with E-state index < -0.39 is 18.0 Å². The van der Waals surface area contributed by atoms with Gasteiger partial charge in [0, 0.05) is 24.9 Å². The Morgan fingerprint density at radius 2 is 1.86 bits per heavy atom. The number of hydrogen-bond acceptors (Lipinski definition) is 2. The Bertz CT molecular complexity index is 412. The zero-order valence-electron chi connectivity index (χ0n) is 12.0. The van der Waals surface area contributed by atoms with Crippen LogP contribution in [-0.4, -0.2) is 41.3 Å². The third-order valence-electron chi connectivity index (χ3n) is 5.62. The first-order valence-electron chi connectivity index (χ1n) is 7.90. The van der Waals surface area contributed by atoms with Crippen LogP contribution >= 0.6 is 0 Å². The molecule has 0 bridgehead atoms. The molecule has 3 rings (SSSR count). The second kappa shape index (κ2) is 5.45. The van der Waals surface area contributed by atoms with Crippen molar-refractivity contribution < 1.29 is 23.1 Å². The number of aliphatic hydroxyl groups excluding tert-OH is 1. The van der Waals surface area contributed by atoms with Crippen LogP contribution in [0.2, 0.25) is 0 Å². The van der Waals surface area contributed by atoms with Crippen molar-refractivity contribution in [1.82, 2.24) is 4.90 Å². The fourth-order valence-electron chi connectivity index (χ4n) is 4.39. The number of carbonyl (C=O) groups excluding carboxylic acids is 1. The van der Waals surface area contributed by atoms with Crippen molar-refractivity contribution in [3.05, 3.63) is 0 Å². The maximum atomic E-state index is 12.8. The molecular formula is C15H22F3NO2. The number of carbonyl (C=O) groups is 1. The molecule has 0 radical (unpaired) electrons. The molecular weight excluding hydrogens is 283 g/mol. The Labute approximate surface area is 122 Å². The predicted molar refractivity (Wildman–Crippen MR) is 70.3 cm³/mol. The molecule has 3 fully saturated rings. The minimum atomic E-state index is -4.18. The molecule has 120 valence electrons. The van der Waals surface area contributed by atoms with Crippen molar-refractivity contribution in [2.24, 2.45) is 23.7 Å². The van der Waals surface area contributed by atoms with Gasteiger partial charge in [0.05, 0.1) is 12.0 Å². The van der Waals surface area contributed by atoms with Crippen LogP contribution in [0.5, 0.6) is 0 Å². The van der Waals surface area contributed by atoms with Crippen LogP contribution < -0.4 is 0 Å². The van der Waals surface area contributed by atoms with Crippen molar-refractivity contribution in [2.75, 3.05) is 13.1 Å². The zero-order chi connectivity index (χ0) is 15.2. The van der Waals surface area contributed by atoms with E-state index in [0.29, 0.717) is 31.8 Å². The number of amides is 1. The van der Waals surface area contributed by atoms with Crippen LogP contribution in [-0.2, 0) is 4.79 Å². The first-order valence-corrected chi connectivity index (χ1v) is 7.90. The number of aliphatic hydroxyl groups is 1. The Morgan fingerprint density at radius 3 is 2.52 bits per heavy atom. The summed E-state index contributed by atoms with van der Waals surface area (Å²) in [5, 5.41) is 9.87. The molecule has 2 saturated carbocycles. The fraction of sp³-hybridized carbons (Fsp3) is 0.933. The highest BCUT2D eigenvalue weighted by atomic mass is 19.4. The molecule has 1 amide bonds. The van der Waals surface area contributed by atoms with E-state index in [0.717, 1.165) is 12.8 Å². The summed E-state index contributed by atoms with van der Waals surface area (Å²) in [6.45, 7) is 1.14. The van der Waals surface area contributed by atoms with Crippen molar-refractivity contribution >= 4 is 5.91 Å². The lowest BCUT2D eigenvalue weighted by molar-refractivity contribution is -0.187. The van der Waals surface area contributed by atoms with Gasteiger partial charge in [-0.3, -0.25) is 4.79 Å². The highest BCUT2D eigenvalue weighted by Gasteiger charge is 2.47. The molecule has 5 unspecified atom stereocenters. The number of likely N-dealkylation sites (tertiary alicyclic amines) is 1. The Balaban J connectivity index is 1.61. The second-order valence-corrected chi connectivity index (χ2v) is 6.91. The van der Waals surface area contributed by atoms with E-state index in [2.05, 4.69) is 0 Å². The van der Waals surface area contributed by atoms with Gasteiger partial charge < -0.3 is 10.0 Å². The fourth-order valence-corrected chi connectivity index (χ4v) is 4.39. The normalized spacial score (nSPS) is 40.4. The number of rotatable bonds is 1. The second-order valence-electron chi connectivity index (χ2n) is 6.91. The molecule has 1 aliphatic heterocycles. The minimum Gasteiger partial charge on any atom is -0.393 e. The first-order chi connectivity index (χ1) is 9.86. The molecule has 0 aromatic rings. The summed E-state index contributed by atoms with van der Waals surface area (Å²) in [6, 6.07) is 0. The average Bonchev–Trinajstić information content (AvgIpc) is 3.00. The first kappa shape index (κ1) is 15.1. The quantitative estimate of drug-likeness (QED) is 0.809. The number of fused-ring (bicyclic) bond motifs is 1. The molecule has 1 saturated heterocycles. The van der Waals surface area contributed by atoms with Gasteiger partial charge in [-0.15, -0.1) is 0 Å². The molecule has 2 aliphatic carbocycles. The lowest BCUT2D eigenvalue weighted by Gasteiger charge is -2.32. The molecule has 0 spiro atoms. The number of hydrogen-bond donors (Lipinski definition) is 1. The maximum absolute atomic E-state index is 12.8. The number of nitrogens with zero attached hydrogens (tertiary/aromatic N) is 1. The summed E-state index contributed by atoms with van der Waals surface area (Å²) in [6.07, 6.45) is -1.68. The van der Waals surface area contributed by atoms with Gasteiger partial charge in [-0.05, 0) is 38.0 Å². The lowest BCUT2D eigenvalue weighted by Crippen LogP contribution is -2.40. The Hall–Kier alpha value is -0.780. The van der Waals surface area contributed by atoms with Gasteiger partial charge in [0.25, 0.3) is 0 Å². The minimum absolute atomic E-state index is 0.0588. The van der Waals surface area contributed by atoms with E-state index in [4.69, 9.17) is 0 Å². The Kier molecular flexibility index (Phi) is 3.93. The van der Waals surface area contributed by atoms with E-state index >= 15 is 0 Å². The average molecular weight is 305 g/mol. The van der Waals surface area contributed by atoms with Crippen LogP contribution in [0.1, 0.15) is 38.5 Å². The van der Waals surface area contributed by atoms with Gasteiger partial charge >= 0.3 is 6.18 Å². The molecule has 3 aliphatic rings. The SMILES string of the molecule is O=C(C1CCCC(C(F)(F)F)C1)N1CC2CCC(O)C2C1.